The molecule has 0 bridgehead atoms. The van der Waals surface area contributed by atoms with E-state index in [4.69, 9.17) is 16.3 Å². The third-order valence-electron chi connectivity index (χ3n) is 3.76. The molecule has 0 aliphatic heterocycles. The topological polar surface area (TPSA) is 75.2 Å². The Balaban J connectivity index is 1.54. The first-order chi connectivity index (χ1) is 11.6. The molecule has 2 N–H and O–H groups in total. The monoisotopic (exact) mass is 344 g/mol. The van der Waals surface area contributed by atoms with Gasteiger partial charge in [-0.2, -0.15) is 0 Å². The number of hydrogen-bond donors (Lipinski definition) is 2. The minimum atomic E-state index is -0.976. The van der Waals surface area contributed by atoms with Gasteiger partial charge in [0.15, 0.2) is 0 Å². The molecule has 0 spiro atoms. The predicted molar refractivity (Wildman–Crippen MR) is 92.5 cm³/mol. The van der Waals surface area contributed by atoms with Gasteiger partial charge < -0.3 is 14.8 Å². The van der Waals surface area contributed by atoms with E-state index in [0.29, 0.717) is 24.2 Å². The summed E-state index contributed by atoms with van der Waals surface area (Å²) in [5, 5.41) is 9.96. The largest absolute Gasteiger partial charge is 0.478 e. The molecule has 124 valence electrons. The average Bonchev–Trinajstić information content (AvgIpc) is 2.98. The van der Waals surface area contributed by atoms with Crippen molar-refractivity contribution < 1.29 is 14.6 Å². The van der Waals surface area contributed by atoms with Crippen LogP contribution in [0.3, 0.4) is 0 Å². The maximum Gasteiger partial charge on any atom is 0.337 e. The smallest absolute Gasteiger partial charge is 0.337 e. The van der Waals surface area contributed by atoms with Gasteiger partial charge in [-0.3, -0.25) is 4.98 Å². The quantitative estimate of drug-likeness (QED) is 0.634. The number of rotatable bonds is 7. The molecule has 0 amide bonds. The van der Waals surface area contributed by atoms with Crippen LogP contribution in [0.4, 0.5) is 0 Å². The lowest BCUT2D eigenvalue weighted by Gasteiger charge is -2.05. The second-order valence-corrected chi connectivity index (χ2v) is 5.87. The zero-order chi connectivity index (χ0) is 16.9. The highest BCUT2D eigenvalue weighted by molar-refractivity contribution is 6.31. The number of carbonyl (C=O) groups is 1. The van der Waals surface area contributed by atoms with E-state index >= 15 is 0 Å². The molecule has 0 aliphatic rings. The van der Waals surface area contributed by atoms with Crippen molar-refractivity contribution in [2.75, 3.05) is 6.61 Å². The minimum Gasteiger partial charge on any atom is -0.478 e. The van der Waals surface area contributed by atoms with Crippen molar-refractivity contribution >= 4 is 28.6 Å². The van der Waals surface area contributed by atoms with Crippen LogP contribution in [0.2, 0.25) is 5.02 Å². The fourth-order valence-electron chi connectivity index (χ4n) is 2.58. The van der Waals surface area contributed by atoms with Crippen LogP contribution in [-0.4, -0.2) is 27.7 Å². The molecule has 2 aromatic heterocycles. The van der Waals surface area contributed by atoms with Gasteiger partial charge in [0.2, 0.25) is 0 Å². The van der Waals surface area contributed by atoms with Gasteiger partial charge in [-0.25, -0.2) is 4.79 Å². The van der Waals surface area contributed by atoms with Gasteiger partial charge in [-0.15, -0.1) is 0 Å². The van der Waals surface area contributed by atoms with Gasteiger partial charge >= 0.3 is 5.97 Å². The van der Waals surface area contributed by atoms with Gasteiger partial charge in [0.25, 0.3) is 0 Å². The molecule has 0 unspecified atom stereocenters. The number of benzene rings is 1. The summed E-state index contributed by atoms with van der Waals surface area (Å²) in [6.45, 7) is 0.984. The molecule has 2 heterocycles. The van der Waals surface area contributed by atoms with Crippen LogP contribution in [0, 0.1) is 0 Å². The Hall–Kier alpha value is -2.37. The number of nitrogens with zero attached hydrogens (tertiary/aromatic N) is 1. The number of pyridine rings is 1. The molecule has 5 nitrogen and oxygen atoms in total. The predicted octanol–water partition coefficient (Wildman–Crippen LogP) is 4.06. The zero-order valence-corrected chi connectivity index (χ0v) is 13.7. The molecule has 0 saturated carbocycles. The van der Waals surface area contributed by atoms with E-state index in [0.717, 1.165) is 29.1 Å². The Morgan fingerprint density at radius 1 is 1.29 bits per heavy atom. The number of H-pyrrole nitrogens is 1. The number of fused-ring (bicyclic) bond motifs is 1. The highest BCUT2D eigenvalue weighted by Crippen LogP contribution is 2.19. The first-order valence-corrected chi connectivity index (χ1v) is 8.04. The second kappa shape index (κ2) is 7.47. The van der Waals surface area contributed by atoms with E-state index in [9.17, 15) is 9.90 Å². The summed E-state index contributed by atoms with van der Waals surface area (Å²) >= 11 is 6.12. The number of ether oxygens (including phenoxy) is 1. The molecule has 0 saturated heterocycles. The number of carboxylic acids is 1. The van der Waals surface area contributed by atoms with Crippen molar-refractivity contribution in [1.29, 1.82) is 0 Å². The molecule has 0 radical (unpaired) electrons. The lowest BCUT2D eigenvalue weighted by Crippen LogP contribution is -1.99. The first-order valence-electron chi connectivity index (χ1n) is 7.66. The summed E-state index contributed by atoms with van der Waals surface area (Å²) in [4.78, 5) is 18.4. The summed E-state index contributed by atoms with van der Waals surface area (Å²) in [6.07, 6.45) is 3.22. The van der Waals surface area contributed by atoms with Crippen molar-refractivity contribution in [3.8, 4) is 0 Å². The highest BCUT2D eigenvalue weighted by atomic mass is 35.5. The van der Waals surface area contributed by atoms with Crippen molar-refractivity contribution in [2.24, 2.45) is 0 Å². The number of aromatic amines is 1. The Kier molecular flexibility index (Phi) is 5.13. The van der Waals surface area contributed by atoms with E-state index in [2.05, 4.69) is 9.97 Å². The third-order valence-corrected chi connectivity index (χ3v) is 4.13. The number of aryl methyl sites for hydroxylation is 1. The van der Waals surface area contributed by atoms with Crippen LogP contribution >= 0.6 is 11.6 Å². The third kappa shape index (κ3) is 3.75. The van der Waals surface area contributed by atoms with Crippen molar-refractivity contribution in [3.63, 3.8) is 0 Å². The normalized spacial score (nSPS) is 11.0. The lowest BCUT2D eigenvalue weighted by atomic mass is 10.1. The SMILES string of the molecule is O=C(O)c1ccnc2cc(COCCCc3ccccc3Cl)[nH]c12. The van der Waals surface area contributed by atoms with Crippen LogP contribution in [-0.2, 0) is 17.8 Å². The fourth-order valence-corrected chi connectivity index (χ4v) is 2.81. The maximum atomic E-state index is 11.2. The summed E-state index contributed by atoms with van der Waals surface area (Å²) in [6, 6.07) is 11.1. The summed E-state index contributed by atoms with van der Waals surface area (Å²) in [5.41, 5.74) is 3.29. The Morgan fingerprint density at radius 3 is 2.92 bits per heavy atom. The minimum absolute atomic E-state index is 0.213. The van der Waals surface area contributed by atoms with E-state index < -0.39 is 5.97 Å². The Bertz CT molecular complexity index is 860. The molecule has 0 aliphatic carbocycles. The molecule has 1 aromatic carbocycles. The molecule has 0 atom stereocenters. The summed E-state index contributed by atoms with van der Waals surface area (Å²) < 4.78 is 5.66. The van der Waals surface area contributed by atoms with E-state index in [1.807, 2.05) is 30.3 Å². The zero-order valence-electron chi connectivity index (χ0n) is 13.0. The molecular formula is C18H17ClN2O3. The number of aromatic nitrogens is 2. The van der Waals surface area contributed by atoms with Crippen LogP contribution in [0.25, 0.3) is 11.0 Å². The van der Waals surface area contributed by atoms with E-state index in [-0.39, 0.29) is 5.56 Å². The van der Waals surface area contributed by atoms with Gasteiger partial charge in [0.1, 0.15) is 0 Å². The van der Waals surface area contributed by atoms with Crippen LogP contribution in [0.15, 0.2) is 42.6 Å². The van der Waals surface area contributed by atoms with Crippen molar-refractivity contribution in [2.45, 2.75) is 19.4 Å². The van der Waals surface area contributed by atoms with Gasteiger partial charge in [-0.05, 0) is 36.6 Å². The molecule has 3 rings (SSSR count). The summed E-state index contributed by atoms with van der Waals surface area (Å²) in [7, 11) is 0. The molecule has 6 heteroatoms. The number of aromatic carboxylic acids is 1. The van der Waals surface area contributed by atoms with Crippen LogP contribution < -0.4 is 0 Å². The number of carboxylic acid groups (broad SMARTS) is 1. The van der Waals surface area contributed by atoms with Crippen LogP contribution in [0.5, 0.6) is 0 Å². The summed E-state index contributed by atoms with van der Waals surface area (Å²) in [5.74, 6) is -0.976. The second-order valence-electron chi connectivity index (χ2n) is 5.47. The molecule has 3 aromatic rings. The van der Waals surface area contributed by atoms with Crippen molar-refractivity contribution in [1.82, 2.24) is 9.97 Å². The van der Waals surface area contributed by atoms with E-state index in [1.165, 1.54) is 12.3 Å². The van der Waals surface area contributed by atoms with Gasteiger partial charge in [-0.1, -0.05) is 29.8 Å². The highest BCUT2D eigenvalue weighted by Gasteiger charge is 2.11. The molecular weight excluding hydrogens is 328 g/mol. The lowest BCUT2D eigenvalue weighted by molar-refractivity contribution is 0.0698. The Morgan fingerprint density at radius 2 is 2.12 bits per heavy atom. The van der Waals surface area contributed by atoms with Crippen molar-refractivity contribution in [3.05, 3.63) is 64.4 Å². The average molecular weight is 345 g/mol. The standard InChI is InChI=1S/C18H17ClN2O3/c19-15-6-2-1-4-12(15)5-3-9-24-11-13-10-16-17(21-13)14(18(22)23)7-8-20-16/h1-2,4,6-8,10,21H,3,5,9,11H2,(H,22,23). The first kappa shape index (κ1) is 16.5. The molecule has 24 heavy (non-hydrogen) atoms. The molecule has 0 fully saturated rings. The van der Waals surface area contributed by atoms with Crippen LogP contribution in [0.1, 0.15) is 28.0 Å². The van der Waals surface area contributed by atoms with Gasteiger partial charge in [0, 0.05) is 23.5 Å². The number of nitrogens with one attached hydrogen (secondary N) is 1. The van der Waals surface area contributed by atoms with E-state index in [1.54, 1.807) is 0 Å². The number of hydrogen-bond acceptors (Lipinski definition) is 3. The Labute approximate surface area is 144 Å². The fraction of sp³-hybridized carbons (Fsp3) is 0.222. The van der Waals surface area contributed by atoms with Gasteiger partial charge in [0.05, 0.1) is 23.2 Å². The maximum absolute atomic E-state index is 11.2. The number of halogens is 1.